The van der Waals surface area contributed by atoms with Crippen molar-refractivity contribution in [1.82, 2.24) is 30.4 Å². The number of rotatable bonds is 16. The van der Waals surface area contributed by atoms with Gasteiger partial charge in [0, 0.05) is 42.3 Å². The maximum absolute atomic E-state index is 13.2. The number of imide groups is 2. The van der Waals surface area contributed by atoms with Crippen LogP contribution in [-0.4, -0.2) is 94.3 Å². The number of fused-ring (bicyclic) bond motifs is 1. The summed E-state index contributed by atoms with van der Waals surface area (Å²) in [4.78, 5) is 59.6. The second kappa shape index (κ2) is 15.4. The quantitative estimate of drug-likeness (QED) is 0.0862. The minimum absolute atomic E-state index is 0.0645. The fraction of sp³-hybridized carbons (Fsp3) is 0.303. The number of H-pyrrole nitrogens is 1. The van der Waals surface area contributed by atoms with E-state index in [1.165, 1.54) is 0 Å². The van der Waals surface area contributed by atoms with Crippen molar-refractivity contribution in [3.8, 4) is 5.75 Å². The third-order valence-electron chi connectivity index (χ3n) is 7.63. The Morgan fingerprint density at radius 3 is 2.47 bits per heavy atom. The van der Waals surface area contributed by atoms with Crippen molar-refractivity contribution < 1.29 is 33.4 Å². The van der Waals surface area contributed by atoms with E-state index in [4.69, 9.17) is 14.2 Å². The maximum Gasteiger partial charge on any atom is 0.264 e. The minimum Gasteiger partial charge on any atom is -0.491 e. The Kier molecular flexibility index (Phi) is 10.4. The Labute approximate surface area is 280 Å². The van der Waals surface area contributed by atoms with Crippen LogP contribution in [-0.2, 0) is 19.1 Å². The van der Waals surface area contributed by atoms with Crippen LogP contribution in [0.5, 0.6) is 5.75 Å². The lowest BCUT2D eigenvalue weighted by atomic mass is 10.0. The van der Waals surface area contributed by atoms with E-state index in [1.54, 1.807) is 30.5 Å². The van der Waals surface area contributed by atoms with Crippen LogP contribution in [0.3, 0.4) is 0 Å². The number of carbonyl (C=O) groups excluding carboxylic acids is 4. The van der Waals surface area contributed by atoms with E-state index in [9.17, 15) is 19.2 Å². The van der Waals surface area contributed by atoms with Crippen LogP contribution in [0.15, 0.2) is 60.8 Å². The van der Waals surface area contributed by atoms with Gasteiger partial charge in [0.05, 0.1) is 37.6 Å². The smallest absolute Gasteiger partial charge is 0.264 e. The van der Waals surface area contributed by atoms with Crippen molar-refractivity contribution in [2.45, 2.75) is 25.8 Å². The maximum atomic E-state index is 13.2. The Morgan fingerprint density at radius 1 is 0.898 bits per heavy atom. The van der Waals surface area contributed by atoms with Crippen LogP contribution in [0.4, 0.5) is 29.0 Å². The third-order valence-corrected chi connectivity index (χ3v) is 7.63. The average Bonchev–Trinajstić information content (AvgIpc) is 3.61. The molecule has 1 fully saturated rings. The molecule has 2 aromatic heterocycles. The summed E-state index contributed by atoms with van der Waals surface area (Å²) >= 11 is 0. The molecule has 5 N–H and O–H groups in total. The molecule has 1 atom stereocenters. The van der Waals surface area contributed by atoms with E-state index in [1.807, 2.05) is 37.3 Å². The number of piperidine rings is 1. The number of hydrogen-bond acceptors (Lipinski definition) is 13. The van der Waals surface area contributed by atoms with Gasteiger partial charge in [-0.1, -0.05) is 6.07 Å². The number of amides is 4. The molecular formula is C33H35N9O7. The normalized spacial score (nSPS) is 15.6. The second-order valence-electron chi connectivity index (χ2n) is 11.2. The Morgan fingerprint density at radius 2 is 1.69 bits per heavy atom. The number of aryl methyl sites for hydroxylation is 1. The SMILES string of the molecule is Cc1cc(Nc2ccnc(Nc3ccc(OCCOCCOCCNc4cccc5c4C(=O)N(C4CCC(=O)NC4=O)C5=O)cc3)n2)n[nH]1. The number of carbonyl (C=O) groups is 4. The fourth-order valence-electron chi connectivity index (χ4n) is 5.33. The molecular weight excluding hydrogens is 634 g/mol. The minimum atomic E-state index is -1.01. The van der Waals surface area contributed by atoms with E-state index in [0.717, 1.165) is 16.3 Å². The standard InChI is InChI=1S/C33H35N9O7/c1-20-19-27(41-40-20)37-26-11-12-35-33(38-26)36-21-5-7-22(8-6-21)49-18-17-48-16-15-47-14-13-34-24-4-2-3-23-29(24)32(46)42(31(23)45)25-9-10-28(43)39-30(25)44/h2-8,11-12,19,25,34H,9-10,13-18H2,1H3,(H,39,43,44)(H3,35,36,37,38,40,41). The third kappa shape index (κ3) is 8.17. The summed E-state index contributed by atoms with van der Waals surface area (Å²) in [5, 5.41) is 18.7. The predicted octanol–water partition coefficient (Wildman–Crippen LogP) is 2.92. The van der Waals surface area contributed by atoms with Crippen molar-refractivity contribution in [1.29, 1.82) is 0 Å². The summed E-state index contributed by atoms with van der Waals surface area (Å²) in [6, 6.07) is 14.9. The number of nitrogens with one attached hydrogen (secondary N) is 5. The summed E-state index contributed by atoms with van der Waals surface area (Å²) < 4.78 is 17.0. The first-order valence-electron chi connectivity index (χ1n) is 15.7. The van der Waals surface area contributed by atoms with E-state index in [-0.39, 0.29) is 24.0 Å². The first-order chi connectivity index (χ1) is 23.9. The largest absolute Gasteiger partial charge is 0.491 e. The van der Waals surface area contributed by atoms with Gasteiger partial charge in [0.25, 0.3) is 11.8 Å². The number of aromatic nitrogens is 4. The number of aromatic amines is 1. The van der Waals surface area contributed by atoms with Gasteiger partial charge in [0.15, 0.2) is 5.82 Å². The second-order valence-corrected chi connectivity index (χ2v) is 11.2. The van der Waals surface area contributed by atoms with Gasteiger partial charge in [-0.2, -0.15) is 10.1 Å². The molecule has 254 valence electrons. The van der Waals surface area contributed by atoms with Crippen LogP contribution >= 0.6 is 0 Å². The van der Waals surface area contributed by atoms with Gasteiger partial charge in [-0.15, -0.1) is 0 Å². The van der Waals surface area contributed by atoms with Crippen molar-refractivity contribution in [3.63, 3.8) is 0 Å². The predicted molar refractivity (Wildman–Crippen MR) is 177 cm³/mol. The molecule has 6 rings (SSSR count). The first kappa shape index (κ1) is 33.0. The molecule has 0 aliphatic carbocycles. The molecule has 4 amide bonds. The van der Waals surface area contributed by atoms with Gasteiger partial charge in [-0.05, 0) is 55.8 Å². The summed E-state index contributed by atoms with van der Waals surface area (Å²) in [6.45, 7) is 4.09. The van der Waals surface area contributed by atoms with E-state index in [0.29, 0.717) is 68.6 Å². The molecule has 16 heteroatoms. The molecule has 0 spiro atoms. The van der Waals surface area contributed by atoms with Gasteiger partial charge >= 0.3 is 0 Å². The number of ether oxygens (including phenoxy) is 3. The van der Waals surface area contributed by atoms with Crippen molar-refractivity contribution in [2.75, 3.05) is 55.5 Å². The highest BCUT2D eigenvalue weighted by Crippen LogP contribution is 2.32. The van der Waals surface area contributed by atoms with Crippen molar-refractivity contribution in [2.24, 2.45) is 0 Å². The van der Waals surface area contributed by atoms with Crippen molar-refractivity contribution >= 4 is 52.6 Å². The fourth-order valence-corrected chi connectivity index (χ4v) is 5.33. The molecule has 49 heavy (non-hydrogen) atoms. The molecule has 0 radical (unpaired) electrons. The van der Waals surface area contributed by atoms with E-state index in [2.05, 4.69) is 41.4 Å². The number of nitrogens with zero attached hydrogens (tertiary/aromatic N) is 4. The summed E-state index contributed by atoms with van der Waals surface area (Å²) in [6.07, 6.45) is 1.82. The Bertz CT molecular complexity index is 1830. The molecule has 4 heterocycles. The Hall–Kier alpha value is -5.87. The van der Waals surface area contributed by atoms with E-state index >= 15 is 0 Å². The lowest BCUT2D eigenvalue weighted by molar-refractivity contribution is -0.136. The molecule has 16 nitrogen and oxygen atoms in total. The molecule has 2 aromatic carbocycles. The van der Waals surface area contributed by atoms with Gasteiger partial charge in [-0.25, -0.2) is 4.98 Å². The van der Waals surface area contributed by atoms with Gasteiger partial charge in [-0.3, -0.25) is 34.5 Å². The van der Waals surface area contributed by atoms with Gasteiger partial charge < -0.3 is 30.2 Å². The molecule has 0 saturated carbocycles. The number of anilines is 5. The monoisotopic (exact) mass is 669 g/mol. The zero-order valence-corrected chi connectivity index (χ0v) is 26.7. The average molecular weight is 670 g/mol. The lowest BCUT2D eigenvalue weighted by Crippen LogP contribution is -2.54. The molecule has 1 unspecified atom stereocenters. The number of benzene rings is 2. The zero-order valence-electron chi connectivity index (χ0n) is 26.7. The van der Waals surface area contributed by atoms with Gasteiger partial charge in [0.2, 0.25) is 17.8 Å². The summed E-state index contributed by atoms with van der Waals surface area (Å²) in [5.74, 6) is 0.232. The highest BCUT2D eigenvalue weighted by molar-refractivity contribution is 6.25. The topological polar surface area (TPSA) is 202 Å². The highest BCUT2D eigenvalue weighted by atomic mass is 16.5. The Balaban J connectivity index is 0.851. The van der Waals surface area contributed by atoms with Crippen LogP contribution in [0.1, 0.15) is 39.3 Å². The van der Waals surface area contributed by atoms with Crippen LogP contribution in [0, 0.1) is 6.92 Å². The summed E-state index contributed by atoms with van der Waals surface area (Å²) in [7, 11) is 0. The number of hydrogen-bond donors (Lipinski definition) is 5. The lowest BCUT2D eigenvalue weighted by Gasteiger charge is -2.27. The van der Waals surface area contributed by atoms with Crippen molar-refractivity contribution in [3.05, 3.63) is 77.6 Å². The zero-order chi connectivity index (χ0) is 34.2. The molecule has 1 saturated heterocycles. The summed E-state index contributed by atoms with van der Waals surface area (Å²) in [5.41, 5.74) is 2.64. The molecule has 4 aromatic rings. The van der Waals surface area contributed by atoms with Crippen LogP contribution in [0.25, 0.3) is 0 Å². The van der Waals surface area contributed by atoms with E-state index < -0.39 is 29.7 Å². The molecule has 2 aliphatic rings. The first-order valence-corrected chi connectivity index (χ1v) is 15.7. The van der Waals surface area contributed by atoms with Gasteiger partial charge in [0.1, 0.15) is 24.2 Å². The highest BCUT2D eigenvalue weighted by Gasteiger charge is 2.45. The van der Waals surface area contributed by atoms with Crippen LogP contribution in [0.2, 0.25) is 0 Å². The molecule has 0 bridgehead atoms. The van der Waals surface area contributed by atoms with Crippen LogP contribution < -0.4 is 26.0 Å². The molecule has 2 aliphatic heterocycles.